The molecule has 0 radical (unpaired) electrons. The van der Waals surface area contributed by atoms with E-state index in [4.69, 9.17) is 11.6 Å². The first-order chi connectivity index (χ1) is 6.45. The highest BCUT2D eigenvalue weighted by atomic mass is 35.5. The molecule has 0 spiro atoms. The molecule has 0 bridgehead atoms. The van der Waals surface area contributed by atoms with Gasteiger partial charge in [-0.3, -0.25) is 0 Å². The lowest BCUT2D eigenvalue weighted by atomic mass is 10.5. The Morgan fingerprint density at radius 3 is 2.64 bits per heavy atom. The van der Waals surface area contributed by atoms with Crippen molar-refractivity contribution >= 4 is 32.8 Å². The Labute approximate surface area is 92.2 Å². The predicted molar refractivity (Wildman–Crippen MR) is 57.6 cm³/mol. The first-order valence-corrected chi connectivity index (χ1v) is 7.33. The number of aromatic nitrogens is 2. The highest BCUT2D eigenvalue weighted by Crippen LogP contribution is 2.24. The van der Waals surface area contributed by atoms with Crippen molar-refractivity contribution in [3.8, 4) is 0 Å². The highest BCUT2D eigenvalue weighted by Gasteiger charge is 2.21. The van der Waals surface area contributed by atoms with Crippen LogP contribution in [0.25, 0.3) is 0 Å². The Balaban J connectivity index is 2.87. The predicted octanol–water partition coefficient (Wildman–Crippen LogP) is 1.43. The molecule has 80 valence electrons. The molecule has 7 heteroatoms. The fourth-order valence-electron chi connectivity index (χ4n) is 0.796. The van der Waals surface area contributed by atoms with Gasteiger partial charge in [0.2, 0.25) is 0 Å². The van der Waals surface area contributed by atoms with E-state index in [0.717, 1.165) is 5.01 Å². The van der Waals surface area contributed by atoms with Crippen LogP contribution in [-0.4, -0.2) is 30.8 Å². The fraction of sp³-hybridized carbons (Fsp3) is 0.714. The Morgan fingerprint density at radius 2 is 2.14 bits per heavy atom. The number of hydrogen-bond donors (Lipinski definition) is 0. The van der Waals surface area contributed by atoms with Gasteiger partial charge in [-0.25, -0.2) is 8.42 Å². The largest absolute Gasteiger partial charge is 0.228 e. The number of sulfone groups is 1. The normalized spacial score (nSPS) is 14.2. The van der Waals surface area contributed by atoms with Crippen LogP contribution in [0.4, 0.5) is 0 Å². The van der Waals surface area contributed by atoms with E-state index >= 15 is 0 Å². The van der Waals surface area contributed by atoms with Gasteiger partial charge in [-0.05, 0) is 6.92 Å². The molecule has 1 aromatic heterocycles. The standard InChI is InChI=1S/C7H11ClN2O2S2/c1-5(14(2,11)12)7-10-9-6(13-7)3-4-8/h5H,3-4H2,1-2H3. The Hall–Kier alpha value is -0.200. The molecule has 14 heavy (non-hydrogen) atoms. The van der Waals surface area contributed by atoms with E-state index in [0.29, 0.717) is 17.3 Å². The summed E-state index contributed by atoms with van der Waals surface area (Å²) >= 11 is 6.84. The molecule has 1 atom stereocenters. The average molecular weight is 255 g/mol. The molecule has 0 N–H and O–H groups in total. The summed E-state index contributed by atoms with van der Waals surface area (Å²) in [7, 11) is -3.08. The third-order valence-corrected chi connectivity index (χ3v) is 4.79. The maximum absolute atomic E-state index is 11.2. The van der Waals surface area contributed by atoms with Gasteiger partial charge < -0.3 is 0 Å². The SMILES string of the molecule is CC(c1nnc(CCCl)s1)S(C)(=O)=O. The van der Waals surface area contributed by atoms with Crippen LogP contribution in [0, 0.1) is 0 Å². The second-order valence-corrected chi connectivity index (χ2v) is 6.78. The van der Waals surface area contributed by atoms with Gasteiger partial charge in [-0.1, -0.05) is 0 Å². The molecule has 0 amide bonds. The molecule has 1 aromatic rings. The number of hydrogen-bond acceptors (Lipinski definition) is 5. The molecule has 4 nitrogen and oxygen atoms in total. The van der Waals surface area contributed by atoms with Crippen LogP contribution in [0.1, 0.15) is 22.2 Å². The molecule has 0 aromatic carbocycles. The Bertz CT molecular complexity index is 402. The summed E-state index contributed by atoms with van der Waals surface area (Å²) in [5, 5.41) is 8.43. The van der Waals surface area contributed by atoms with Crippen molar-refractivity contribution in [3.05, 3.63) is 10.0 Å². The van der Waals surface area contributed by atoms with Crippen LogP contribution >= 0.6 is 22.9 Å². The summed E-state index contributed by atoms with van der Waals surface area (Å²) in [5.74, 6) is 0.474. The van der Waals surface area contributed by atoms with Gasteiger partial charge in [0.1, 0.15) is 15.3 Å². The van der Waals surface area contributed by atoms with Crippen LogP contribution in [0.3, 0.4) is 0 Å². The minimum atomic E-state index is -3.08. The number of nitrogens with zero attached hydrogens (tertiary/aromatic N) is 2. The molecule has 1 unspecified atom stereocenters. The molecule has 1 rings (SSSR count). The molecular weight excluding hydrogens is 244 g/mol. The van der Waals surface area contributed by atoms with Crippen molar-refractivity contribution in [2.24, 2.45) is 0 Å². The molecule has 0 aliphatic heterocycles. The summed E-state index contributed by atoms with van der Waals surface area (Å²) in [6, 6.07) is 0. The number of halogens is 1. The second-order valence-electron chi connectivity index (χ2n) is 2.94. The summed E-state index contributed by atoms with van der Waals surface area (Å²) in [4.78, 5) is 0. The van der Waals surface area contributed by atoms with Gasteiger partial charge in [0.15, 0.2) is 9.84 Å². The minimum Gasteiger partial charge on any atom is -0.228 e. The lowest BCUT2D eigenvalue weighted by Crippen LogP contribution is -2.07. The van der Waals surface area contributed by atoms with E-state index in [1.165, 1.54) is 17.6 Å². The first kappa shape index (κ1) is 11.9. The molecule has 0 saturated carbocycles. The molecule has 1 heterocycles. The van der Waals surface area contributed by atoms with Gasteiger partial charge in [-0.2, -0.15) is 0 Å². The van der Waals surface area contributed by atoms with Crippen molar-refractivity contribution in [2.45, 2.75) is 18.6 Å². The Morgan fingerprint density at radius 1 is 1.50 bits per heavy atom. The summed E-state index contributed by atoms with van der Waals surface area (Å²) in [5.41, 5.74) is 0. The van der Waals surface area contributed by atoms with E-state index in [1.807, 2.05) is 0 Å². The number of rotatable bonds is 4. The lowest BCUT2D eigenvalue weighted by molar-refractivity contribution is 0.591. The van der Waals surface area contributed by atoms with Crippen molar-refractivity contribution in [3.63, 3.8) is 0 Å². The first-order valence-electron chi connectivity index (χ1n) is 4.02. The maximum Gasteiger partial charge on any atom is 0.156 e. The zero-order valence-electron chi connectivity index (χ0n) is 7.90. The smallest absolute Gasteiger partial charge is 0.156 e. The fourth-order valence-corrected chi connectivity index (χ4v) is 2.94. The van der Waals surface area contributed by atoms with Crippen LogP contribution < -0.4 is 0 Å². The van der Waals surface area contributed by atoms with Gasteiger partial charge in [0, 0.05) is 18.6 Å². The van der Waals surface area contributed by atoms with Crippen molar-refractivity contribution in [2.75, 3.05) is 12.1 Å². The second kappa shape index (κ2) is 4.55. The lowest BCUT2D eigenvalue weighted by Gasteiger charge is -2.02. The third kappa shape index (κ3) is 2.90. The number of aryl methyl sites for hydroxylation is 1. The quantitative estimate of drug-likeness (QED) is 0.763. The van der Waals surface area contributed by atoms with E-state index < -0.39 is 15.1 Å². The third-order valence-electron chi connectivity index (χ3n) is 1.78. The Kier molecular flexibility index (Phi) is 3.86. The minimum absolute atomic E-state index is 0.474. The number of alkyl halides is 1. The van der Waals surface area contributed by atoms with Gasteiger partial charge in [-0.15, -0.1) is 33.1 Å². The molecule has 0 aliphatic rings. The summed E-state index contributed by atoms with van der Waals surface area (Å²) in [6.07, 6.45) is 1.83. The zero-order chi connectivity index (χ0) is 10.8. The van der Waals surface area contributed by atoms with Gasteiger partial charge in [0.05, 0.1) is 0 Å². The van der Waals surface area contributed by atoms with Crippen molar-refractivity contribution in [1.82, 2.24) is 10.2 Å². The van der Waals surface area contributed by atoms with Crippen molar-refractivity contribution < 1.29 is 8.42 Å². The summed E-state index contributed by atoms with van der Waals surface area (Å²) in [6.45, 7) is 1.61. The average Bonchev–Trinajstić information content (AvgIpc) is 2.50. The topological polar surface area (TPSA) is 59.9 Å². The monoisotopic (exact) mass is 254 g/mol. The van der Waals surface area contributed by atoms with Crippen molar-refractivity contribution in [1.29, 1.82) is 0 Å². The molecular formula is C7H11ClN2O2S2. The van der Waals surface area contributed by atoms with E-state index in [1.54, 1.807) is 6.92 Å². The van der Waals surface area contributed by atoms with Crippen LogP contribution in [0.2, 0.25) is 0 Å². The van der Waals surface area contributed by atoms with Gasteiger partial charge in [0.25, 0.3) is 0 Å². The van der Waals surface area contributed by atoms with E-state index in [-0.39, 0.29) is 0 Å². The maximum atomic E-state index is 11.2. The van der Waals surface area contributed by atoms with Crippen LogP contribution in [0.5, 0.6) is 0 Å². The molecule has 0 aliphatic carbocycles. The van der Waals surface area contributed by atoms with E-state index in [9.17, 15) is 8.42 Å². The van der Waals surface area contributed by atoms with Gasteiger partial charge >= 0.3 is 0 Å². The van der Waals surface area contributed by atoms with Crippen LogP contribution in [-0.2, 0) is 16.3 Å². The zero-order valence-corrected chi connectivity index (χ0v) is 10.3. The summed E-state index contributed by atoms with van der Waals surface area (Å²) < 4.78 is 22.4. The molecule has 0 saturated heterocycles. The van der Waals surface area contributed by atoms with E-state index in [2.05, 4.69) is 10.2 Å². The van der Waals surface area contributed by atoms with Crippen LogP contribution in [0.15, 0.2) is 0 Å². The molecule has 0 fully saturated rings. The highest BCUT2D eigenvalue weighted by molar-refractivity contribution is 7.91.